The van der Waals surface area contributed by atoms with Crippen molar-refractivity contribution in [2.75, 3.05) is 36.6 Å². The average molecular weight is 435 g/mol. The van der Waals surface area contributed by atoms with Crippen LogP contribution in [0, 0.1) is 11.3 Å². The number of benzene rings is 2. The average Bonchev–Trinajstić information content (AvgIpc) is 2.80. The third-order valence-electron chi connectivity index (χ3n) is 4.68. The number of phenolic OH excluding ortho intramolecular Hbond substituents is 1. The van der Waals surface area contributed by atoms with E-state index in [1.54, 1.807) is 36.5 Å². The molecule has 2 N–H and O–H groups in total. The van der Waals surface area contributed by atoms with E-state index in [2.05, 4.69) is 26.6 Å². The Morgan fingerprint density at radius 2 is 1.94 bits per heavy atom. The number of ether oxygens (including phenoxy) is 1. The minimum absolute atomic E-state index is 0.151. The van der Waals surface area contributed by atoms with Gasteiger partial charge in [-0.1, -0.05) is 35.9 Å². The maximum Gasteiger partial charge on any atom is 0.246 e. The molecule has 4 rings (SSSR count). The van der Waals surface area contributed by atoms with Crippen molar-refractivity contribution in [2.45, 2.75) is 0 Å². The molecular weight excluding hydrogens is 416 g/mol. The topological polar surface area (TPSA) is 107 Å². The van der Waals surface area contributed by atoms with Crippen molar-refractivity contribution in [3.8, 4) is 23.1 Å². The number of nitrogens with zero attached hydrogens (tertiary/aromatic N) is 5. The summed E-state index contributed by atoms with van der Waals surface area (Å²) in [6.07, 6.45) is 1.55. The molecule has 0 radical (unpaired) electrons. The van der Waals surface area contributed by atoms with Crippen LogP contribution in [0.3, 0.4) is 0 Å². The molecular formula is C22H19ClN6O2. The van der Waals surface area contributed by atoms with Crippen LogP contribution < -0.4 is 10.3 Å². The number of halogens is 1. The SMILES string of the molecule is N#Cc1c(-c2ccc(Cl)cc2)nc(NN=Cc2cccc(O)c2)nc1N1CCOCC1. The zero-order chi connectivity index (χ0) is 21.6. The summed E-state index contributed by atoms with van der Waals surface area (Å²) in [7, 11) is 0. The first-order valence-electron chi connectivity index (χ1n) is 9.63. The number of hydrazone groups is 1. The maximum atomic E-state index is 9.90. The zero-order valence-corrected chi connectivity index (χ0v) is 17.3. The maximum absolute atomic E-state index is 9.90. The first kappa shape index (κ1) is 20.6. The first-order valence-corrected chi connectivity index (χ1v) is 10.0. The lowest BCUT2D eigenvalue weighted by Crippen LogP contribution is -2.37. The highest BCUT2D eigenvalue weighted by Crippen LogP contribution is 2.30. The van der Waals surface area contributed by atoms with E-state index in [0.29, 0.717) is 54.0 Å². The lowest BCUT2D eigenvalue weighted by atomic mass is 10.1. The molecule has 1 fully saturated rings. The van der Waals surface area contributed by atoms with Crippen molar-refractivity contribution in [2.24, 2.45) is 5.10 Å². The fourth-order valence-corrected chi connectivity index (χ4v) is 3.32. The minimum atomic E-state index is 0.151. The molecule has 2 aromatic carbocycles. The molecule has 9 heteroatoms. The summed E-state index contributed by atoms with van der Waals surface area (Å²) in [4.78, 5) is 11.1. The van der Waals surface area contributed by atoms with Gasteiger partial charge in [-0.15, -0.1) is 0 Å². The fourth-order valence-electron chi connectivity index (χ4n) is 3.19. The van der Waals surface area contributed by atoms with Crippen molar-refractivity contribution in [1.29, 1.82) is 5.26 Å². The van der Waals surface area contributed by atoms with Crippen molar-refractivity contribution in [3.63, 3.8) is 0 Å². The Balaban J connectivity index is 1.72. The number of nitriles is 1. The number of rotatable bonds is 5. The minimum Gasteiger partial charge on any atom is -0.508 e. The summed E-state index contributed by atoms with van der Waals surface area (Å²) in [5.74, 6) is 0.931. The van der Waals surface area contributed by atoms with Crippen molar-refractivity contribution in [3.05, 3.63) is 64.7 Å². The van der Waals surface area contributed by atoms with Gasteiger partial charge in [0.15, 0.2) is 5.82 Å². The number of aromatic nitrogens is 2. The van der Waals surface area contributed by atoms with Crippen LogP contribution >= 0.6 is 11.6 Å². The third kappa shape index (κ3) is 4.91. The molecule has 0 saturated carbocycles. The molecule has 0 atom stereocenters. The zero-order valence-electron chi connectivity index (χ0n) is 16.5. The summed E-state index contributed by atoms with van der Waals surface area (Å²) >= 11 is 6.03. The molecule has 156 valence electrons. The van der Waals surface area contributed by atoms with Crippen LogP contribution in [0.25, 0.3) is 11.3 Å². The number of phenols is 1. The van der Waals surface area contributed by atoms with Crippen molar-refractivity contribution >= 4 is 29.6 Å². The Bertz CT molecular complexity index is 1140. The summed E-state index contributed by atoms with van der Waals surface area (Å²) in [6, 6.07) is 16.1. The van der Waals surface area contributed by atoms with Gasteiger partial charge in [-0.3, -0.25) is 0 Å². The van der Waals surface area contributed by atoms with Crippen LogP contribution in [-0.2, 0) is 4.74 Å². The molecule has 1 aliphatic heterocycles. The van der Waals surface area contributed by atoms with E-state index in [0.717, 1.165) is 5.56 Å². The van der Waals surface area contributed by atoms with E-state index in [1.807, 2.05) is 23.1 Å². The molecule has 0 amide bonds. The smallest absolute Gasteiger partial charge is 0.246 e. The largest absolute Gasteiger partial charge is 0.508 e. The van der Waals surface area contributed by atoms with Gasteiger partial charge < -0.3 is 14.7 Å². The molecule has 2 heterocycles. The highest BCUT2D eigenvalue weighted by Gasteiger charge is 2.22. The highest BCUT2D eigenvalue weighted by atomic mass is 35.5. The van der Waals surface area contributed by atoms with Crippen LogP contribution in [-0.4, -0.2) is 47.6 Å². The molecule has 0 bridgehead atoms. The van der Waals surface area contributed by atoms with E-state index in [1.165, 1.54) is 0 Å². The van der Waals surface area contributed by atoms with Crippen LogP contribution in [0.2, 0.25) is 5.02 Å². The van der Waals surface area contributed by atoms with Gasteiger partial charge in [-0.2, -0.15) is 15.3 Å². The lowest BCUT2D eigenvalue weighted by molar-refractivity contribution is 0.122. The fraction of sp³-hybridized carbons (Fsp3) is 0.182. The summed E-state index contributed by atoms with van der Waals surface area (Å²) in [5, 5.41) is 24.3. The predicted octanol–water partition coefficient (Wildman–Crippen LogP) is 3.66. The van der Waals surface area contributed by atoms with Gasteiger partial charge in [0, 0.05) is 23.7 Å². The van der Waals surface area contributed by atoms with Crippen molar-refractivity contribution in [1.82, 2.24) is 9.97 Å². The first-order chi connectivity index (χ1) is 15.1. The molecule has 1 aromatic heterocycles. The number of hydrogen-bond donors (Lipinski definition) is 2. The number of morpholine rings is 1. The quantitative estimate of drug-likeness (QED) is 0.466. The molecule has 1 saturated heterocycles. The second-order valence-corrected chi connectivity index (χ2v) is 7.21. The van der Waals surface area contributed by atoms with Gasteiger partial charge >= 0.3 is 0 Å². The number of nitrogens with one attached hydrogen (secondary N) is 1. The monoisotopic (exact) mass is 434 g/mol. The van der Waals surface area contributed by atoms with Gasteiger partial charge in [0.2, 0.25) is 5.95 Å². The van der Waals surface area contributed by atoms with Gasteiger partial charge in [-0.25, -0.2) is 10.4 Å². The second kappa shape index (κ2) is 9.43. The molecule has 31 heavy (non-hydrogen) atoms. The molecule has 0 unspecified atom stereocenters. The van der Waals surface area contributed by atoms with Crippen LogP contribution in [0.5, 0.6) is 5.75 Å². The summed E-state index contributed by atoms with van der Waals surface area (Å²) in [5.41, 5.74) is 5.17. The summed E-state index contributed by atoms with van der Waals surface area (Å²) in [6.45, 7) is 2.36. The summed E-state index contributed by atoms with van der Waals surface area (Å²) < 4.78 is 5.43. The molecule has 0 aliphatic carbocycles. The van der Waals surface area contributed by atoms with Gasteiger partial charge in [-0.05, 0) is 29.8 Å². The van der Waals surface area contributed by atoms with Crippen molar-refractivity contribution < 1.29 is 9.84 Å². The van der Waals surface area contributed by atoms with E-state index >= 15 is 0 Å². The Hall–Kier alpha value is -3.67. The number of anilines is 2. The molecule has 0 spiro atoms. The third-order valence-corrected chi connectivity index (χ3v) is 4.93. The van der Waals surface area contributed by atoms with E-state index in [9.17, 15) is 10.4 Å². The predicted molar refractivity (Wildman–Crippen MR) is 120 cm³/mol. The molecule has 1 aliphatic rings. The number of aromatic hydroxyl groups is 1. The van der Waals surface area contributed by atoms with Gasteiger partial charge in [0.25, 0.3) is 0 Å². The lowest BCUT2D eigenvalue weighted by Gasteiger charge is -2.29. The molecule has 3 aromatic rings. The van der Waals surface area contributed by atoms with E-state index in [-0.39, 0.29) is 11.7 Å². The van der Waals surface area contributed by atoms with Crippen LogP contribution in [0.1, 0.15) is 11.1 Å². The van der Waals surface area contributed by atoms with E-state index < -0.39 is 0 Å². The van der Waals surface area contributed by atoms with Gasteiger partial charge in [0.05, 0.1) is 25.1 Å². The standard InChI is InChI=1S/C22H19ClN6O2/c23-17-6-4-16(5-7-17)20-19(13-24)21(29-8-10-31-11-9-29)27-22(26-20)28-25-14-15-2-1-3-18(30)12-15/h1-7,12,14,30H,8-11H2,(H,26,27,28). The Kier molecular flexibility index (Phi) is 6.26. The van der Waals surface area contributed by atoms with Crippen LogP contribution in [0.15, 0.2) is 53.6 Å². The van der Waals surface area contributed by atoms with Gasteiger partial charge in [0.1, 0.15) is 17.4 Å². The van der Waals surface area contributed by atoms with E-state index in [4.69, 9.17) is 16.3 Å². The normalized spacial score (nSPS) is 13.9. The number of hydrogen-bond acceptors (Lipinski definition) is 8. The second-order valence-electron chi connectivity index (χ2n) is 6.78. The Morgan fingerprint density at radius 1 is 1.16 bits per heavy atom. The Morgan fingerprint density at radius 3 is 2.65 bits per heavy atom. The Labute approximate surface area is 184 Å². The highest BCUT2D eigenvalue weighted by molar-refractivity contribution is 6.30. The van der Waals surface area contributed by atoms with Crippen LogP contribution in [0.4, 0.5) is 11.8 Å². The molecule has 8 nitrogen and oxygen atoms in total.